The van der Waals surface area contributed by atoms with Crippen molar-refractivity contribution >= 4 is 12.0 Å². The number of carbonyl (C=O) groups is 2. The Balaban J connectivity index is 1.58. The first-order valence-corrected chi connectivity index (χ1v) is 10.6. The Hall–Kier alpha value is -3.73. The predicted molar refractivity (Wildman–Crippen MR) is 117 cm³/mol. The van der Waals surface area contributed by atoms with Crippen molar-refractivity contribution in [1.29, 1.82) is 5.26 Å². The molecule has 3 unspecified atom stereocenters. The number of phenolic OH excluding ortho intramolecular Hbond substituents is 1. The third kappa shape index (κ3) is 6.14. The van der Waals surface area contributed by atoms with E-state index in [1.165, 1.54) is 12.1 Å². The standard InChI is InChI=1S/C24H27N3O5/c1-31-19-9-4-6-16(12-19)15-32-24(30)27-21-11-3-2-10-20(21)23(29)26-22(14-25)17-7-5-8-18(28)13-17/h4-9,12-13,20-22,28H,2-3,10-11,15H2,1H3,(H,26,29)(H,27,30). The molecule has 2 aromatic carbocycles. The number of ether oxygens (including phenoxy) is 2. The van der Waals surface area contributed by atoms with Crippen molar-refractivity contribution in [2.75, 3.05) is 7.11 Å². The van der Waals surface area contributed by atoms with Gasteiger partial charge in [0.25, 0.3) is 0 Å². The zero-order chi connectivity index (χ0) is 22.9. The van der Waals surface area contributed by atoms with Crippen LogP contribution in [-0.2, 0) is 16.1 Å². The highest BCUT2D eigenvalue weighted by atomic mass is 16.5. The van der Waals surface area contributed by atoms with Gasteiger partial charge in [0.1, 0.15) is 24.1 Å². The summed E-state index contributed by atoms with van der Waals surface area (Å²) in [7, 11) is 1.57. The molecule has 0 bridgehead atoms. The lowest BCUT2D eigenvalue weighted by Gasteiger charge is -2.31. The summed E-state index contributed by atoms with van der Waals surface area (Å²) in [5.41, 5.74) is 1.29. The molecule has 1 aliphatic carbocycles. The van der Waals surface area contributed by atoms with Crippen LogP contribution in [0.25, 0.3) is 0 Å². The van der Waals surface area contributed by atoms with Gasteiger partial charge in [-0.3, -0.25) is 4.79 Å². The van der Waals surface area contributed by atoms with E-state index in [2.05, 4.69) is 16.7 Å². The van der Waals surface area contributed by atoms with Crippen LogP contribution < -0.4 is 15.4 Å². The van der Waals surface area contributed by atoms with E-state index in [1.54, 1.807) is 31.4 Å². The van der Waals surface area contributed by atoms with Gasteiger partial charge in [-0.15, -0.1) is 0 Å². The molecule has 0 aliphatic heterocycles. The molecule has 1 fully saturated rings. The fraction of sp³-hybridized carbons (Fsp3) is 0.375. The van der Waals surface area contributed by atoms with Crippen LogP contribution in [-0.4, -0.2) is 30.3 Å². The van der Waals surface area contributed by atoms with Crippen LogP contribution in [0.1, 0.15) is 42.9 Å². The number of carbonyl (C=O) groups excluding carboxylic acids is 2. The minimum Gasteiger partial charge on any atom is -0.508 e. The number of rotatable bonds is 7. The molecule has 3 rings (SSSR count). The lowest BCUT2D eigenvalue weighted by molar-refractivity contribution is -0.127. The van der Waals surface area contributed by atoms with Gasteiger partial charge in [0.2, 0.25) is 5.91 Å². The minimum absolute atomic E-state index is 0.0213. The first-order valence-electron chi connectivity index (χ1n) is 10.6. The van der Waals surface area contributed by atoms with Crippen LogP contribution in [0.3, 0.4) is 0 Å². The molecule has 1 aliphatic rings. The topological polar surface area (TPSA) is 121 Å². The molecule has 2 amide bonds. The van der Waals surface area contributed by atoms with E-state index >= 15 is 0 Å². The molecule has 8 heteroatoms. The average molecular weight is 437 g/mol. The van der Waals surface area contributed by atoms with Crippen molar-refractivity contribution in [3.63, 3.8) is 0 Å². The fourth-order valence-electron chi connectivity index (χ4n) is 3.87. The predicted octanol–water partition coefficient (Wildman–Crippen LogP) is 3.57. The highest BCUT2D eigenvalue weighted by Crippen LogP contribution is 2.26. The largest absolute Gasteiger partial charge is 0.508 e. The van der Waals surface area contributed by atoms with E-state index < -0.39 is 18.1 Å². The summed E-state index contributed by atoms with van der Waals surface area (Å²) in [5.74, 6) is -0.0822. The van der Waals surface area contributed by atoms with Gasteiger partial charge in [-0.1, -0.05) is 37.1 Å². The Kier molecular flexibility index (Phi) is 7.92. The maximum atomic E-state index is 12.9. The van der Waals surface area contributed by atoms with E-state index in [0.717, 1.165) is 18.4 Å². The molecule has 0 heterocycles. The van der Waals surface area contributed by atoms with Crippen LogP contribution in [0, 0.1) is 17.2 Å². The lowest BCUT2D eigenvalue weighted by atomic mass is 9.83. The summed E-state index contributed by atoms with van der Waals surface area (Å²) >= 11 is 0. The van der Waals surface area contributed by atoms with Gasteiger partial charge in [0.05, 0.1) is 19.1 Å². The molecule has 0 saturated heterocycles. The smallest absolute Gasteiger partial charge is 0.407 e. The van der Waals surface area contributed by atoms with E-state index in [4.69, 9.17) is 9.47 Å². The summed E-state index contributed by atoms with van der Waals surface area (Å²) in [6.45, 7) is 0.0840. The summed E-state index contributed by atoms with van der Waals surface area (Å²) in [5, 5.41) is 24.7. The molecule has 8 nitrogen and oxygen atoms in total. The van der Waals surface area contributed by atoms with Crippen LogP contribution in [0.2, 0.25) is 0 Å². The van der Waals surface area contributed by atoms with E-state index in [0.29, 0.717) is 24.2 Å². The molecule has 0 aromatic heterocycles. The number of nitriles is 1. The summed E-state index contributed by atoms with van der Waals surface area (Å²) in [6.07, 6.45) is 2.40. The Bertz CT molecular complexity index is 988. The average Bonchev–Trinajstić information content (AvgIpc) is 2.81. The number of alkyl carbamates (subject to hydrolysis) is 1. The second-order valence-corrected chi connectivity index (χ2v) is 7.74. The molecule has 32 heavy (non-hydrogen) atoms. The third-order valence-corrected chi connectivity index (χ3v) is 5.53. The molecule has 0 radical (unpaired) electrons. The van der Waals surface area contributed by atoms with Crippen molar-refractivity contribution in [2.45, 2.75) is 44.4 Å². The van der Waals surface area contributed by atoms with E-state index in [1.807, 2.05) is 12.1 Å². The summed E-state index contributed by atoms with van der Waals surface area (Å²) in [6, 6.07) is 14.2. The number of methoxy groups -OCH3 is 1. The highest BCUT2D eigenvalue weighted by Gasteiger charge is 2.33. The van der Waals surface area contributed by atoms with E-state index in [-0.39, 0.29) is 24.3 Å². The second-order valence-electron chi connectivity index (χ2n) is 7.74. The number of phenols is 1. The van der Waals surface area contributed by atoms with Crippen LogP contribution in [0.5, 0.6) is 11.5 Å². The monoisotopic (exact) mass is 437 g/mol. The van der Waals surface area contributed by atoms with Crippen molar-refractivity contribution in [3.8, 4) is 17.6 Å². The number of aromatic hydroxyl groups is 1. The SMILES string of the molecule is COc1cccc(COC(=O)NC2CCCCC2C(=O)NC(C#N)c2cccc(O)c2)c1. The molecule has 3 atom stereocenters. The Labute approximate surface area is 187 Å². The molecular formula is C24H27N3O5. The first kappa shape index (κ1) is 22.9. The van der Waals surface area contributed by atoms with Gasteiger partial charge in [0, 0.05) is 6.04 Å². The fourth-order valence-corrected chi connectivity index (χ4v) is 3.87. The van der Waals surface area contributed by atoms with Gasteiger partial charge in [-0.2, -0.15) is 5.26 Å². The normalized spacial score (nSPS) is 18.6. The maximum Gasteiger partial charge on any atom is 0.407 e. The molecular weight excluding hydrogens is 410 g/mol. The van der Waals surface area contributed by atoms with E-state index in [9.17, 15) is 20.0 Å². The van der Waals surface area contributed by atoms with Crippen LogP contribution in [0.4, 0.5) is 4.79 Å². The molecule has 168 valence electrons. The zero-order valence-corrected chi connectivity index (χ0v) is 17.9. The number of nitrogens with one attached hydrogen (secondary N) is 2. The van der Waals surface area contributed by atoms with Crippen molar-refractivity contribution in [3.05, 3.63) is 59.7 Å². The second kappa shape index (κ2) is 11.0. The number of nitrogens with zero attached hydrogens (tertiary/aromatic N) is 1. The van der Waals surface area contributed by atoms with Gasteiger partial charge in [0.15, 0.2) is 0 Å². The number of benzene rings is 2. The third-order valence-electron chi connectivity index (χ3n) is 5.53. The first-order chi connectivity index (χ1) is 15.5. The summed E-state index contributed by atoms with van der Waals surface area (Å²) < 4.78 is 10.5. The maximum absolute atomic E-state index is 12.9. The van der Waals surface area contributed by atoms with Crippen LogP contribution >= 0.6 is 0 Å². The molecule has 1 saturated carbocycles. The Morgan fingerprint density at radius 2 is 1.97 bits per heavy atom. The van der Waals surface area contributed by atoms with Gasteiger partial charge >= 0.3 is 6.09 Å². The van der Waals surface area contributed by atoms with Crippen molar-refractivity contribution in [2.24, 2.45) is 5.92 Å². The number of amides is 2. The quantitative estimate of drug-likeness (QED) is 0.609. The van der Waals surface area contributed by atoms with Crippen molar-refractivity contribution in [1.82, 2.24) is 10.6 Å². The van der Waals surface area contributed by atoms with Gasteiger partial charge < -0.3 is 25.2 Å². The molecule has 2 aromatic rings. The van der Waals surface area contributed by atoms with Gasteiger partial charge in [-0.25, -0.2) is 4.79 Å². The van der Waals surface area contributed by atoms with Crippen molar-refractivity contribution < 1.29 is 24.2 Å². The highest BCUT2D eigenvalue weighted by molar-refractivity contribution is 5.81. The van der Waals surface area contributed by atoms with Gasteiger partial charge in [-0.05, 0) is 48.2 Å². The Morgan fingerprint density at radius 3 is 2.72 bits per heavy atom. The lowest BCUT2D eigenvalue weighted by Crippen LogP contribution is -2.49. The summed E-state index contributed by atoms with van der Waals surface area (Å²) in [4.78, 5) is 25.3. The minimum atomic E-state index is -0.891. The molecule has 3 N–H and O–H groups in total. The molecule has 0 spiro atoms. The Morgan fingerprint density at radius 1 is 1.19 bits per heavy atom. The number of hydrogen-bond donors (Lipinski definition) is 3. The van der Waals surface area contributed by atoms with Crippen LogP contribution in [0.15, 0.2) is 48.5 Å². The number of hydrogen-bond acceptors (Lipinski definition) is 6. The zero-order valence-electron chi connectivity index (χ0n) is 17.9.